The molecule has 0 aromatic heterocycles. The van der Waals surface area contributed by atoms with Gasteiger partial charge in [0.05, 0.1) is 19.3 Å². The van der Waals surface area contributed by atoms with Crippen molar-refractivity contribution < 1.29 is 9.84 Å². The molecule has 1 radical (unpaired) electrons. The van der Waals surface area contributed by atoms with E-state index in [9.17, 15) is 5.11 Å². The summed E-state index contributed by atoms with van der Waals surface area (Å²) in [6.07, 6.45) is 1.15. The van der Waals surface area contributed by atoms with Gasteiger partial charge in [-0.3, -0.25) is 0 Å². The van der Waals surface area contributed by atoms with Crippen molar-refractivity contribution in [3.8, 4) is 0 Å². The van der Waals surface area contributed by atoms with Gasteiger partial charge >= 0.3 is 0 Å². The van der Waals surface area contributed by atoms with Crippen molar-refractivity contribution >= 4 is 0 Å². The lowest BCUT2D eigenvalue weighted by Crippen LogP contribution is -2.55. The number of ether oxygens (including phenoxy) is 1. The highest BCUT2D eigenvalue weighted by Crippen LogP contribution is 2.18. The Morgan fingerprint density at radius 1 is 1.20 bits per heavy atom. The average Bonchev–Trinajstić information content (AvgIpc) is 1.85. The van der Waals surface area contributed by atoms with E-state index in [-0.39, 0.29) is 6.10 Å². The molecule has 3 nitrogen and oxygen atoms in total. The van der Waals surface area contributed by atoms with Crippen LogP contribution in [0.5, 0.6) is 0 Å². The molecule has 2 heterocycles. The number of rotatable bonds is 0. The second-order valence-corrected chi connectivity index (χ2v) is 3.19. The summed E-state index contributed by atoms with van der Waals surface area (Å²) in [4.78, 5) is 0. The van der Waals surface area contributed by atoms with Gasteiger partial charge in [0.2, 0.25) is 0 Å². The Kier molecular flexibility index (Phi) is 1.64. The van der Waals surface area contributed by atoms with Crippen molar-refractivity contribution in [3.63, 3.8) is 0 Å². The van der Waals surface area contributed by atoms with E-state index in [0.717, 1.165) is 26.1 Å². The topological polar surface area (TPSA) is 41.2 Å². The molecule has 10 heavy (non-hydrogen) atoms. The van der Waals surface area contributed by atoms with Crippen molar-refractivity contribution in [1.82, 2.24) is 5.32 Å². The smallest absolute Gasteiger partial charge is 0.0961 e. The fourth-order valence-electron chi connectivity index (χ4n) is 1.79. The van der Waals surface area contributed by atoms with Crippen LogP contribution in [-0.4, -0.2) is 31.4 Å². The molecule has 2 rings (SSSR count). The number of nitrogens with one attached hydrogen (secondary N) is 1. The van der Waals surface area contributed by atoms with Gasteiger partial charge in [-0.15, -0.1) is 0 Å². The maximum Gasteiger partial charge on any atom is 0.0961 e. The van der Waals surface area contributed by atoms with Crippen molar-refractivity contribution in [3.05, 3.63) is 0 Å². The van der Waals surface area contributed by atoms with Crippen LogP contribution in [-0.2, 0) is 9.84 Å². The number of piperidine rings is 1. The van der Waals surface area contributed by atoms with E-state index in [0.29, 0.717) is 12.1 Å². The van der Waals surface area contributed by atoms with Crippen molar-refractivity contribution in [1.29, 1.82) is 0 Å². The molecule has 2 aliphatic rings. The Morgan fingerprint density at radius 2 is 1.80 bits per heavy atom. The molecular weight excluding hydrogens is 130 g/mol. The SMILES string of the molecule is [O]C1CC2COCC(C1)N2. The van der Waals surface area contributed by atoms with E-state index in [1.165, 1.54) is 0 Å². The summed E-state index contributed by atoms with van der Waals surface area (Å²) in [5.41, 5.74) is 0. The zero-order valence-electron chi connectivity index (χ0n) is 5.88. The molecule has 57 valence electrons. The molecule has 0 spiro atoms. The first-order valence-electron chi connectivity index (χ1n) is 3.84. The van der Waals surface area contributed by atoms with E-state index in [4.69, 9.17) is 4.74 Å². The van der Waals surface area contributed by atoms with Crippen LogP contribution in [0.1, 0.15) is 12.8 Å². The third-order valence-corrected chi connectivity index (χ3v) is 2.20. The first-order chi connectivity index (χ1) is 4.84. The quantitative estimate of drug-likeness (QED) is 0.514. The Labute approximate surface area is 60.4 Å². The highest BCUT2D eigenvalue weighted by atomic mass is 16.5. The van der Waals surface area contributed by atoms with Crippen LogP contribution in [0.25, 0.3) is 0 Å². The Balaban J connectivity index is 1.98. The highest BCUT2D eigenvalue weighted by Gasteiger charge is 2.31. The summed E-state index contributed by atoms with van der Waals surface area (Å²) >= 11 is 0. The van der Waals surface area contributed by atoms with E-state index >= 15 is 0 Å². The summed E-state index contributed by atoms with van der Waals surface area (Å²) in [6, 6.07) is 0.685. The third kappa shape index (κ3) is 1.17. The summed E-state index contributed by atoms with van der Waals surface area (Å²) in [7, 11) is 0. The molecule has 2 aliphatic heterocycles. The van der Waals surface area contributed by atoms with E-state index < -0.39 is 0 Å². The normalized spacial score (nSPS) is 47.1. The van der Waals surface area contributed by atoms with E-state index in [1.807, 2.05) is 0 Å². The Morgan fingerprint density at radius 3 is 2.40 bits per heavy atom. The average molecular weight is 142 g/mol. The fourth-order valence-corrected chi connectivity index (χ4v) is 1.79. The van der Waals surface area contributed by atoms with Crippen LogP contribution in [0.2, 0.25) is 0 Å². The largest absolute Gasteiger partial charge is 0.378 e. The fraction of sp³-hybridized carbons (Fsp3) is 1.00. The molecule has 0 aromatic carbocycles. The monoisotopic (exact) mass is 142 g/mol. The summed E-state index contributed by atoms with van der Waals surface area (Å²) < 4.78 is 5.28. The minimum atomic E-state index is -0.347. The molecule has 1 N–H and O–H groups in total. The second-order valence-electron chi connectivity index (χ2n) is 3.19. The number of morpholine rings is 1. The molecule has 2 bridgehead atoms. The van der Waals surface area contributed by atoms with Crippen LogP contribution in [0.15, 0.2) is 0 Å². The van der Waals surface area contributed by atoms with Gasteiger partial charge in [0, 0.05) is 12.1 Å². The molecule has 0 aromatic rings. The lowest BCUT2D eigenvalue weighted by molar-refractivity contribution is -0.0417. The third-order valence-electron chi connectivity index (χ3n) is 2.20. The van der Waals surface area contributed by atoms with Gasteiger partial charge in [-0.2, -0.15) is 0 Å². The molecule has 0 saturated carbocycles. The molecular formula is C7H12NO2. The predicted octanol–water partition coefficient (Wildman–Crippen LogP) is -0.0637. The maximum absolute atomic E-state index is 11.1. The van der Waals surface area contributed by atoms with Crippen LogP contribution < -0.4 is 5.32 Å². The van der Waals surface area contributed by atoms with Crippen molar-refractivity contribution in [2.24, 2.45) is 0 Å². The standard InChI is InChI=1S/C7H12NO2/c9-7-1-5-3-10-4-6(2-7)8-5/h5-8H,1-4H2. The zero-order chi connectivity index (χ0) is 6.97. The van der Waals surface area contributed by atoms with E-state index in [1.54, 1.807) is 0 Å². The zero-order valence-corrected chi connectivity index (χ0v) is 5.88. The summed E-state index contributed by atoms with van der Waals surface area (Å²) in [5.74, 6) is 0. The lowest BCUT2D eigenvalue weighted by atomic mass is 9.95. The first-order valence-corrected chi connectivity index (χ1v) is 3.84. The van der Waals surface area contributed by atoms with Gasteiger partial charge in [-0.1, -0.05) is 0 Å². The lowest BCUT2D eigenvalue weighted by Gasteiger charge is -2.37. The number of fused-ring (bicyclic) bond motifs is 2. The molecule has 3 heteroatoms. The van der Waals surface area contributed by atoms with Crippen LogP contribution in [0.3, 0.4) is 0 Å². The molecule has 2 atom stereocenters. The van der Waals surface area contributed by atoms with Crippen LogP contribution in [0.4, 0.5) is 0 Å². The van der Waals surface area contributed by atoms with Crippen LogP contribution in [0, 0.1) is 0 Å². The number of hydrogen-bond donors (Lipinski definition) is 1. The van der Waals surface area contributed by atoms with E-state index in [2.05, 4.69) is 5.32 Å². The van der Waals surface area contributed by atoms with Crippen molar-refractivity contribution in [2.75, 3.05) is 13.2 Å². The molecule has 0 aliphatic carbocycles. The second kappa shape index (κ2) is 2.49. The van der Waals surface area contributed by atoms with Crippen molar-refractivity contribution in [2.45, 2.75) is 31.0 Å². The molecule has 2 unspecified atom stereocenters. The minimum absolute atomic E-state index is 0.343. The maximum atomic E-state index is 11.1. The van der Waals surface area contributed by atoms with Gasteiger partial charge in [-0.25, -0.2) is 5.11 Å². The summed E-state index contributed by atoms with van der Waals surface area (Å²) in [5, 5.41) is 14.4. The minimum Gasteiger partial charge on any atom is -0.378 e. The highest BCUT2D eigenvalue weighted by molar-refractivity contribution is 4.87. The first kappa shape index (κ1) is 6.58. The predicted molar refractivity (Wildman–Crippen MR) is 35.2 cm³/mol. The molecule has 2 saturated heterocycles. The van der Waals surface area contributed by atoms with Crippen LogP contribution >= 0.6 is 0 Å². The van der Waals surface area contributed by atoms with Gasteiger partial charge < -0.3 is 10.1 Å². The molecule has 2 fully saturated rings. The Bertz CT molecular complexity index is 113. The van der Waals surface area contributed by atoms with Gasteiger partial charge in [-0.05, 0) is 12.8 Å². The Hall–Kier alpha value is -0.120. The van der Waals surface area contributed by atoms with Gasteiger partial charge in [0.25, 0.3) is 0 Å². The number of hydrogen-bond acceptors (Lipinski definition) is 2. The summed E-state index contributed by atoms with van der Waals surface area (Å²) in [6.45, 7) is 1.46. The molecule has 0 amide bonds. The van der Waals surface area contributed by atoms with Gasteiger partial charge in [0.1, 0.15) is 0 Å². The van der Waals surface area contributed by atoms with Gasteiger partial charge in [0.15, 0.2) is 0 Å².